The Kier molecular flexibility index (Phi) is 3.69. The molecule has 0 N–H and O–H groups in total. The van der Waals surface area contributed by atoms with E-state index in [-0.39, 0.29) is 0 Å². The molecule has 0 aliphatic rings. The van der Waals surface area contributed by atoms with Crippen molar-refractivity contribution >= 4 is 0 Å². The molecule has 0 aliphatic heterocycles. The molecule has 0 fully saturated rings. The predicted octanol–water partition coefficient (Wildman–Crippen LogP) is 2.22. The van der Waals surface area contributed by atoms with Crippen LogP contribution in [0.2, 0.25) is 0 Å². The van der Waals surface area contributed by atoms with Gasteiger partial charge in [-0.1, -0.05) is 12.2 Å². The van der Waals surface area contributed by atoms with Crippen molar-refractivity contribution in [3.8, 4) is 11.9 Å². The summed E-state index contributed by atoms with van der Waals surface area (Å²) in [6.07, 6.45) is 3.76. The van der Waals surface area contributed by atoms with Crippen molar-refractivity contribution in [2.75, 3.05) is 6.61 Å². The number of aromatic nitrogens is 1. The zero-order valence-electron chi connectivity index (χ0n) is 8.32. The van der Waals surface area contributed by atoms with Gasteiger partial charge in [-0.2, -0.15) is 5.26 Å². The molecular formula is C11H12N2O. The number of allylic oxidation sites excluding steroid dienone is 1. The average molecular weight is 188 g/mol. The van der Waals surface area contributed by atoms with Gasteiger partial charge in [0.05, 0.1) is 0 Å². The van der Waals surface area contributed by atoms with Crippen LogP contribution < -0.4 is 4.74 Å². The fraction of sp³-hybridized carbons (Fsp3) is 0.273. The van der Waals surface area contributed by atoms with Crippen LogP contribution in [0, 0.1) is 18.3 Å². The second-order valence-corrected chi connectivity index (χ2v) is 2.80. The first kappa shape index (κ1) is 10.3. The van der Waals surface area contributed by atoms with Crippen LogP contribution in [0.5, 0.6) is 5.88 Å². The fourth-order valence-electron chi connectivity index (χ4n) is 0.951. The third-order valence-corrected chi connectivity index (χ3v) is 1.67. The minimum atomic E-state index is 0.408. The van der Waals surface area contributed by atoms with E-state index in [1.807, 2.05) is 32.1 Å². The van der Waals surface area contributed by atoms with Crippen LogP contribution in [0.25, 0.3) is 0 Å². The van der Waals surface area contributed by atoms with E-state index in [9.17, 15) is 0 Å². The molecule has 0 aliphatic carbocycles. The summed E-state index contributed by atoms with van der Waals surface area (Å²) in [5.41, 5.74) is 1.32. The predicted molar refractivity (Wildman–Crippen MR) is 54.0 cm³/mol. The summed E-state index contributed by atoms with van der Waals surface area (Å²) in [4.78, 5) is 4.14. The van der Waals surface area contributed by atoms with Crippen molar-refractivity contribution in [3.05, 3.63) is 35.5 Å². The summed E-state index contributed by atoms with van der Waals surface area (Å²) in [5.74, 6) is 0.408. The van der Waals surface area contributed by atoms with Gasteiger partial charge in [0, 0.05) is 5.69 Å². The van der Waals surface area contributed by atoms with Crippen LogP contribution in [-0.4, -0.2) is 11.6 Å². The highest BCUT2D eigenvalue weighted by Gasteiger charge is 2.03. The zero-order chi connectivity index (χ0) is 10.4. The summed E-state index contributed by atoms with van der Waals surface area (Å²) >= 11 is 0. The van der Waals surface area contributed by atoms with E-state index < -0.39 is 0 Å². The SMILES string of the molecule is C/C=C/COc1nc(C)ccc1C#N. The molecule has 1 heterocycles. The molecule has 0 aromatic carbocycles. The Labute approximate surface area is 83.7 Å². The third-order valence-electron chi connectivity index (χ3n) is 1.67. The molecule has 14 heavy (non-hydrogen) atoms. The van der Waals surface area contributed by atoms with Crippen molar-refractivity contribution in [3.63, 3.8) is 0 Å². The Hall–Kier alpha value is -1.82. The molecule has 3 nitrogen and oxygen atoms in total. The monoisotopic (exact) mass is 188 g/mol. The highest BCUT2D eigenvalue weighted by Crippen LogP contribution is 2.14. The summed E-state index contributed by atoms with van der Waals surface area (Å²) in [6.45, 7) is 4.23. The molecule has 0 bridgehead atoms. The number of ether oxygens (including phenoxy) is 1. The number of rotatable bonds is 3. The maximum Gasteiger partial charge on any atom is 0.232 e. The smallest absolute Gasteiger partial charge is 0.232 e. The van der Waals surface area contributed by atoms with Crippen molar-refractivity contribution in [2.45, 2.75) is 13.8 Å². The van der Waals surface area contributed by atoms with Gasteiger partial charge in [0.15, 0.2) is 0 Å². The second-order valence-electron chi connectivity index (χ2n) is 2.80. The van der Waals surface area contributed by atoms with Gasteiger partial charge < -0.3 is 4.74 Å². The Morgan fingerprint density at radius 2 is 2.36 bits per heavy atom. The van der Waals surface area contributed by atoms with E-state index >= 15 is 0 Å². The van der Waals surface area contributed by atoms with E-state index in [1.54, 1.807) is 12.1 Å². The zero-order valence-corrected chi connectivity index (χ0v) is 8.32. The Bertz CT molecular complexity index is 377. The molecule has 0 saturated heterocycles. The molecule has 0 radical (unpaired) electrons. The minimum Gasteiger partial charge on any atom is -0.472 e. The van der Waals surface area contributed by atoms with Crippen molar-refractivity contribution in [2.24, 2.45) is 0 Å². The number of aryl methyl sites for hydroxylation is 1. The van der Waals surface area contributed by atoms with Gasteiger partial charge in [-0.3, -0.25) is 0 Å². The number of pyridine rings is 1. The van der Waals surface area contributed by atoms with Gasteiger partial charge in [-0.25, -0.2) is 4.98 Å². The normalized spacial score (nSPS) is 10.1. The second kappa shape index (κ2) is 5.03. The molecule has 0 saturated carbocycles. The molecule has 72 valence electrons. The number of nitrogens with zero attached hydrogens (tertiary/aromatic N) is 2. The molecular weight excluding hydrogens is 176 g/mol. The van der Waals surface area contributed by atoms with Crippen LogP contribution in [-0.2, 0) is 0 Å². The van der Waals surface area contributed by atoms with Gasteiger partial charge >= 0.3 is 0 Å². The van der Waals surface area contributed by atoms with E-state index in [1.165, 1.54) is 0 Å². The van der Waals surface area contributed by atoms with Crippen molar-refractivity contribution in [1.29, 1.82) is 5.26 Å². The van der Waals surface area contributed by atoms with Gasteiger partial charge in [-0.05, 0) is 26.0 Å². The minimum absolute atomic E-state index is 0.408. The van der Waals surface area contributed by atoms with E-state index in [0.29, 0.717) is 18.1 Å². The highest BCUT2D eigenvalue weighted by atomic mass is 16.5. The number of nitriles is 1. The third kappa shape index (κ3) is 2.60. The van der Waals surface area contributed by atoms with Crippen LogP contribution in [0.3, 0.4) is 0 Å². The Morgan fingerprint density at radius 3 is 3.00 bits per heavy atom. The Balaban J connectivity index is 2.83. The molecule has 1 aromatic rings. The Morgan fingerprint density at radius 1 is 1.57 bits per heavy atom. The first-order valence-electron chi connectivity index (χ1n) is 4.39. The lowest BCUT2D eigenvalue weighted by Gasteiger charge is -2.04. The summed E-state index contributed by atoms with van der Waals surface area (Å²) in [7, 11) is 0. The number of hydrogen-bond donors (Lipinski definition) is 0. The van der Waals surface area contributed by atoms with Gasteiger partial charge in [0.25, 0.3) is 0 Å². The lowest BCUT2D eigenvalue weighted by atomic mass is 10.2. The first-order chi connectivity index (χ1) is 6.77. The van der Waals surface area contributed by atoms with Crippen LogP contribution >= 0.6 is 0 Å². The highest BCUT2D eigenvalue weighted by molar-refractivity contribution is 5.38. The molecule has 1 rings (SSSR count). The largest absolute Gasteiger partial charge is 0.472 e. The van der Waals surface area contributed by atoms with Crippen molar-refractivity contribution < 1.29 is 4.74 Å². The van der Waals surface area contributed by atoms with Gasteiger partial charge in [0.1, 0.15) is 18.2 Å². The molecule has 0 amide bonds. The van der Waals surface area contributed by atoms with Crippen molar-refractivity contribution in [1.82, 2.24) is 4.98 Å². The van der Waals surface area contributed by atoms with Crippen LogP contribution in [0.1, 0.15) is 18.2 Å². The molecule has 0 unspecified atom stereocenters. The van der Waals surface area contributed by atoms with Crippen LogP contribution in [0.15, 0.2) is 24.3 Å². The lowest BCUT2D eigenvalue weighted by molar-refractivity contribution is 0.346. The number of hydrogen-bond acceptors (Lipinski definition) is 3. The molecule has 0 spiro atoms. The van der Waals surface area contributed by atoms with Crippen LogP contribution in [0.4, 0.5) is 0 Å². The topological polar surface area (TPSA) is 45.9 Å². The average Bonchev–Trinajstić information content (AvgIpc) is 2.19. The fourth-order valence-corrected chi connectivity index (χ4v) is 0.951. The maximum atomic E-state index is 8.78. The maximum absolute atomic E-state index is 8.78. The molecule has 3 heteroatoms. The summed E-state index contributed by atoms with van der Waals surface area (Å²) < 4.78 is 5.33. The standard InChI is InChI=1S/C11H12N2O/c1-3-4-7-14-11-10(8-12)6-5-9(2)13-11/h3-6H,7H2,1-2H3/b4-3+. The van der Waals surface area contributed by atoms with Gasteiger partial charge in [-0.15, -0.1) is 0 Å². The quantitative estimate of drug-likeness (QED) is 0.683. The summed E-state index contributed by atoms with van der Waals surface area (Å²) in [6, 6.07) is 5.55. The molecule has 1 aromatic heterocycles. The molecule has 0 atom stereocenters. The van der Waals surface area contributed by atoms with E-state index in [4.69, 9.17) is 10.00 Å². The first-order valence-corrected chi connectivity index (χ1v) is 4.39. The lowest BCUT2D eigenvalue weighted by Crippen LogP contribution is -1.99. The van der Waals surface area contributed by atoms with E-state index in [0.717, 1.165) is 5.69 Å². The van der Waals surface area contributed by atoms with Gasteiger partial charge in [0.2, 0.25) is 5.88 Å². The van der Waals surface area contributed by atoms with E-state index in [2.05, 4.69) is 4.98 Å². The summed E-state index contributed by atoms with van der Waals surface area (Å²) in [5, 5.41) is 8.78.